The Kier molecular flexibility index (Phi) is 5.05. The highest BCUT2D eigenvalue weighted by Crippen LogP contribution is 2.29. The summed E-state index contributed by atoms with van der Waals surface area (Å²) >= 11 is 0. The third-order valence-electron chi connectivity index (χ3n) is 4.20. The molecule has 3 aromatic heterocycles. The second-order valence-corrected chi connectivity index (χ2v) is 6.93. The van der Waals surface area contributed by atoms with Gasteiger partial charge in [-0.3, -0.25) is 4.79 Å². The molecule has 1 N–H and O–H groups in total. The van der Waals surface area contributed by atoms with Crippen LogP contribution in [0.15, 0.2) is 28.8 Å². The molecule has 0 saturated heterocycles. The van der Waals surface area contributed by atoms with Gasteiger partial charge in [-0.2, -0.15) is 0 Å². The zero-order valence-electron chi connectivity index (χ0n) is 15.7. The minimum atomic E-state index is -0.129. The van der Waals surface area contributed by atoms with Gasteiger partial charge in [-0.25, -0.2) is 9.97 Å². The molecule has 1 fully saturated rings. The van der Waals surface area contributed by atoms with E-state index in [9.17, 15) is 4.79 Å². The molecule has 1 amide bonds. The molecule has 0 bridgehead atoms. The number of ether oxygens (including phenoxy) is 2. The van der Waals surface area contributed by atoms with Crippen molar-refractivity contribution in [2.24, 2.45) is 5.92 Å². The molecule has 3 aromatic rings. The molecule has 28 heavy (non-hydrogen) atoms. The fraction of sp³-hybridized carbons (Fsp3) is 0.421. The van der Waals surface area contributed by atoms with Gasteiger partial charge in [0.25, 0.3) is 0 Å². The molecule has 1 aliphatic rings. The maximum atomic E-state index is 11.0. The lowest BCUT2D eigenvalue weighted by Crippen LogP contribution is -2.35. The van der Waals surface area contributed by atoms with Crippen LogP contribution in [0.25, 0.3) is 22.7 Å². The zero-order chi connectivity index (χ0) is 19.5. The van der Waals surface area contributed by atoms with Gasteiger partial charge in [-0.15, -0.1) is 10.2 Å². The number of rotatable bonds is 8. The number of fused-ring (bicyclic) bond motifs is 1. The highest BCUT2D eigenvalue weighted by Gasteiger charge is 2.22. The first kappa shape index (κ1) is 18.1. The number of carbonyl (C=O) groups excluding carboxylic acids is 1. The van der Waals surface area contributed by atoms with Crippen molar-refractivity contribution in [2.45, 2.75) is 32.7 Å². The van der Waals surface area contributed by atoms with Crippen molar-refractivity contribution in [3.05, 3.63) is 24.4 Å². The molecule has 0 aromatic carbocycles. The van der Waals surface area contributed by atoms with Gasteiger partial charge >= 0.3 is 0 Å². The molecular weight excluding hydrogens is 362 g/mol. The third-order valence-corrected chi connectivity index (χ3v) is 4.20. The lowest BCUT2D eigenvalue weighted by atomic mass is 10.3. The van der Waals surface area contributed by atoms with Crippen molar-refractivity contribution in [1.82, 2.24) is 25.5 Å². The highest BCUT2D eigenvalue weighted by molar-refractivity contribution is 5.75. The predicted octanol–water partition coefficient (Wildman–Crippen LogP) is 2.37. The Balaban J connectivity index is 1.43. The highest BCUT2D eigenvalue weighted by atomic mass is 16.5. The van der Waals surface area contributed by atoms with Gasteiger partial charge in [0.05, 0.1) is 18.8 Å². The van der Waals surface area contributed by atoms with E-state index < -0.39 is 0 Å². The summed E-state index contributed by atoms with van der Waals surface area (Å²) in [6, 6.07) is 5.05. The van der Waals surface area contributed by atoms with Crippen molar-refractivity contribution < 1.29 is 18.7 Å². The van der Waals surface area contributed by atoms with E-state index in [0.29, 0.717) is 53.6 Å². The van der Waals surface area contributed by atoms with Gasteiger partial charge in [0.1, 0.15) is 17.8 Å². The maximum Gasteiger partial charge on any atom is 0.248 e. The second kappa shape index (κ2) is 7.79. The van der Waals surface area contributed by atoms with E-state index in [2.05, 4.69) is 25.5 Å². The normalized spacial score (nSPS) is 14.6. The Bertz CT molecular complexity index is 968. The molecule has 9 nitrogen and oxygen atoms in total. The van der Waals surface area contributed by atoms with Crippen LogP contribution >= 0.6 is 0 Å². The summed E-state index contributed by atoms with van der Waals surface area (Å²) in [6.07, 6.45) is 4.02. The van der Waals surface area contributed by atoms with Gasteiger partial charge < -0.3 is 19.2 Å². The zero-order valence-corrected chi connectivity index (χ0v) is 15.7. The van der Waals surface area contributed by atoms with Gasteiger partial charge in [0, 0.05) is 19.1 Å². The summed E-state index contributed by atoms with van der Waals surface area (Å²) in [5.41, 5.74) is 1.63. The molecular formula is C19H21N5O4. The van der Waals surface area contributed by atoms with E-state index in [0.717, 1.165) is 0 Å². The molecule has 1 atom stereocenters. The predicted molar refractivity (Wildman–Crippen MR) is 99.8 cm³/mol. The van der Waals surface area contributed by atoms with E-state index in [1.807, 2.05) is 6.92 Å². The van der Waals surface area contributed by atoms with Crippen molar-refractivity contribution in [2.75, 3.05) is 13.2 Å². The molecule has 0 unspecified atom stereocenters. The van der Waals surface area contributed by atoms with Crippen LogP contribution in [-0.2, 0) is 4.79 Å². The first-order valence-corrected chi connectivity index (χ1v) is 9.20. The average Bonchev–Trinajstić information content (AvgIpc) is 3.41. The topological polar surface area (TPSA) is 112 Å². The van der Waals surface area contributed by atoms with Crippen LogP contribution in [0.4, 0.5) is 0 Å². The van der Waals surface area contributed by atoms with Crippen LogP contribution in [0.3, 0.4) is 0 Å². The van der Waals surface area contributed by atoms with Crippen LogP contribution in [0, 0.1) is 5.92 Å². The number of aromatic nitrogens is 4. The molecule has 0 spiro atoms. The molecule has 9 heteroatoms. The third kappa shape index (κ3) is 4.54. The molecule has 0 radical (unpaired) electrons. The van der Waals surface area contributed by atoms with Crippen LogP contribution < -0.4 is 14.8 Å². The molecule has 0 aliphatic heterocycles. The summed E-state index contributed by atoms with van der Waals surface area (Å²) in [5.74, 6) is 1.79. The Morgan fingerprint density at radius 1 is 1.29 bits per heavy atom. The number of carbonyl (C=O) groups is 1. The minimum absolute atomic E-state index is 0.107. The molecule has 3 heterocycles. The summed E-state index contributed by atoms with van der Waals surface area (Å²) in [4.78, 5) is 19.6. The quantitative estimate of drug-likeness (QED) is 0.631. The SMILES string of the molecule is CC(=O)N[C@@H](C)COc1cc2oc(-c3ccc(OCC4CC4)nn3)nc2cn1. The van der Waals surface area contributed by atoms with E-state index in [-0.39, 0.29) is 11.9 Å². The molecule has 1 saturated carbocycles. The lowest BCUT2D eigenvalue weighted by Gasteiger charge is -2.12. The van der Waals surface area contributed by atoms with Gasteiger partial charge in [-0.05, 0) is 31.7 Å². The second-order valence-electron chi connectivity index (χ2n) is 6.93. The number of nitrogens with one attached hydrogen (secondary N) is 1. The smallest absolute Gasteiger partial charge is 0.248 e. The monoisotopic (exact) mass is 383 g/mol. The number of oxazole rings is 1. The maximum absolute atomic E-state index is 11.0. The number of pyridine rings is 1. The Morgan fingerprint density at radius 3 is 2.86 bits per heavy atom. The average molecular weight is 383 g/mol. The molecule has 4 rings (SSSR count). The Morgan fingerprint density at radius 2 is 2.14 bits per heavy atom. The van der Waals surface area contributed by atoms with E-state index in [1.54, 1.807) is 24.4 Å². The fourth-order valence-electron chi connectivity index (χ4n) is 2.60. The number of hydrogen-bond donors (Lipinski definition) is 1. The summed E-state index contributed by atoms with van der Waals surface area (Å²) < 4.78 is 17.0. The molecule has 1 aliphatic carbocycles. The lowest BCUT2D eigenvalue weighted by molar-refractivity contribution is -0.119. The van der Waals surface area contributed by atoms with Gasteiger partial charge in [0.2, 0.25) is 23.6 Å². The fourth-order valence-corrected chi connectivity index (χ4v) is 2.60. The van der Waals surface area contributed by atoms with Gasteiger partial charge in [0.15, 0.2) is 5.58 Å². The van der Waals surface area contributed by atoms with Crippen molar-refractivity contribution in [1.29, 1.82) is 0 Å². The first-order chi connectivity index (χ1) is 13.6. The van der Waals surface area contributed by atoms with Crippen LogP contribution in [0.5, 0.6) is 11.8 Å². The first-order valence-electron chi connectivity index (χ1n) is 9.20. The van der Waals surface area contributed by atoms with Crippen LogP contribution in [-0.4, -0.2) is 45.3 Å². The van der Waals surface area contributed by atoms with E-state index >= 15 is 0 Å². The Labute approximate surface area is 161 Å². The van der Waals surface area contributed by atoms with Crippen molar-refractivity contribution in [3.8, 4) is 23.3 Å². The van der Waals surface area contributed by atoms with Crippen LogP contribution in [0.1, 0.15) is 26.7 Å². The largest absolute Gasteiger partial charge is 0.476 e. The Hall–Kier alpha value is -3.23. The standard InChI is InChI=1S/C19H21N5O4/c1-11(21-12(2)25)9-26-18-7-16-15(8-20-18)22-19(28-16)14-5-6-17(24-23-14)27-10-13-3-4-13/h5-8,11,13H,3-4,9-10H2,1-2H3,(H,21,25)/t11-/m0/s1. The number of hydrogen-bond acceptors (Lipinski definition) is 8. The van der Waals surface area contributed by atoms with Crippen molar-refractivity contribution in [3.63, 3.8) is 0 Å². The summed E-state index contributed by atoms with van der Waals surface area (Å²) in [5, 5.41) is 10.9. The van der Waals surface area contributed by atoms with Crippen LogP contribution in [0.2, 0.25) is 0 Å². The molecule has 146 valence electrons. The van der Waals surface area contributed by atoms with E-state index in [4.69, 9.17) is 13.9 Å². The summed E-state index contributed by atoms with van der Waals surface area (Å²) in [7, 11) is 0. The number of nitrogens with zero attached hydrogens (tertiary/aromatic N) is 4. The van der Waals surface area contributed by atoms with E-state index in [1.165, 1.54) is 19.8 Å². The summed E-state index contributed by atoms with van der Waals surface area (Å²) in [6.45, 7) is 4.30. The van der Waals surface area contributed by atoms with Gasteiger partial charge in [-0.1, -0.05) is 0 Å². The number of amides is 1. The van der Waals surface area contributed by atoms with Crippen molar-refractivity contribution >= 4 is 17.0 Å². The minimum Gasteiger partial charge on any atom is -0.476 e.